The first-order chi connectivity index (χ1) is 7.73. The Balaban J connectivity index is 2.90. The minimum Gasteiger partial charge on any atom is -0.200 e. The first-order valence-electron chi connectivity index (χ1n) is 5.35. The number of hydrazone groups is 1. The minimum atomic E-state index is -3.55. The van der Waals surface area contributed by atoms with E-state index in [0.29, 0.717) is 0 Å². The Morgan fingerprint density at radius 1 is 1.18 bits per heavy atom. The monoisotopic (exact) mass is 254 g/mol. The first-order valence-corrected chi connectivity index (χ1v) is 6.83. The first kappa shape index (κ1) is 13.7. The molecule has 0 aliphatic carbocycles. The maximum absolute atomic E-state index is 11.8. The van der Waals surface area contributed by atoms with Gasteiger partial charge in [0.05, 0.1) is 4.90 Å². The third kappa shape index (κ3) is 3.85. The number of hydrogen-bond acceptors (Lipinski definition) is 3. The van der Waals surface area contributed by atoms with E-state index >= 15 is 0 Å². The van der Waals surface area contributed by atoms with E-state index < -0.39 is 10.0 Å². The predicted molar refractivity (Wildman–Crippen MR) is 69.3 cm³/mol. The molecule has 0 bridgehead atoms. The van der Waals surface area contributed by atoms with Crippen molar-refractivity contribution in [2.45, 2.75) is 32.6 Å². The van der Waals surface area contributed by atoms with E-state index in [-0.39, 0.29) is 10.3 Å². The van der Waals surface area contributed by atoms with E-state index in [9.17, 15) is 8.42 Å². The van der Waals surface area contributed by atoms with Crippen LogP contribution in [0, 0.1) is 5.41 Å². The fraction of sp³-hybridized carbons (Fsp3) is 0.417. The van der Waals surface area contributed by atoms with Crippen molar-refractivity contribution in [1.29, 1.82) is 0 Å². The van der Waals surface area contributed by atoms with Gasteiger partial charge in [-0.3, -0.25) is 0 Å². The topological polar surface area (TPSA) is 58.5 Å². The molecule has 5 heteroatoms. The lowest BCUT2D eigenvalue weighted by Crippen LogP contribution is -2.24. The third-order valence-electron chi connectivity index (χ3n) is 2.47. The Labute approximate surface area is 103 Å². The molecule has 0 saturated heterocycles. The van der Waals surface area contributed by atoms with Crippen LogP contribution >= 0.6 is 0 Å². The quantitative estimate of drug-likeness (QED) is 0.665. The Kier molecular flexibility index (Phi) is 3.93. The molecule has 0 heterocycles. The summed E-state index contributed by atoms with van der Waals surface area (Å²) in [5.74, 6) is 0. The number of hydrogen-bond donors (Lipinski definition) is 1. The number of nitrogens with zero attached hydrogens (tertiary/aromatic N) is 1. The third-order valence-corrected chi connectivity index (χ3v) is 3.70. The molecule has 94 valence electrons. The van der Waals surface area contributed by atoms with Crippen molar-refractivity contribution in [3.8, 4) is 0 Å². The lowest BCUT2D eigenvalue weighted by atomic mass is 9.91. The molecule has 0 aliphatic rings. The van der Waals surface area contributed by atoms with Crippen LogP contribution in [-0.4, -0.2) is 14.1 Å². The summed E-state index contributed by atoms with van der Waals surface area (Å²) in [6.07, 6.45) is 0. The predicted octanol–water partition coefficient (Wildman–Crippen LogP) is 2.39. The summed E-state index contributed by atoms with van der Waals surface area (Å²) < 4.78 is 23.7. The van der Waals surface area contributed by atoms with E-state index in [1.54, 1.807) is 25.1 Å². The summed E-state index contributed by atoms with van der Waals surface area (Å²) in [5, 5.41) is 3.92. The van der Waals surface area contributed by atoms with Crippen LogP contribution in [0.1, 0.15) is 27.7 Å². The summed E-state index contributed by atoms with van der Waals surface area (Å²) in [4.78, 5) is 2.46. The molecule has 0 radical (unpaired) electrons. The summed E-state index contributed by atoms with van der Waals surface area (Å²) in [7, 11) is -3.55. The van der Waals surface area contributed by atoms with Gasteiger partial charge in [0.1, 0.15) is 0 Å². The Morgan fingerprint density at radius 2 is 1.71 bits per heavy atom. The van der Waals surface area contributed by atoms with Crippen molar-refractivity contribution in [2.24, 2.45) is 10.5 Å². The molecule has 4 nitrogen and oxygen atoms in total. The van der Waals surface area contributed by atoms with Crippen LogP contribution in [0.5, 0.6) is 0 Å². The summed E-state index contributed by atoms with van der Waals surface area (Å²) in [6, 6.07) is 8.18. The van der Waals surface area contributed by atoms with E-state index in [1.165, 1.54) is 12.1 Å². The molecular formula is C12H18N2O2S. The zero-order chi connectivity index (χ0) is 13.1. The van der Waals surface area contributed by atoms with Crippen LogP contribution in [-0.2, 0) is 10.0 Å². The van der Waals surface area contributed by atoms with Gasteiger partial charge in [0.15, 0.2) is 0 Å². The zero-order valence-corrected chi connectivity index (χ0v) is 11.4. The lowest BCUT2D eigenvalue weighted by Gasteiger charge is -2.17. The highest BCUT2D eigenvalue weighted by Crippen LogP contribution is 2.15. The SMILES string of the molecule is C/C(=N\NS(=O)(=O)c1ccccc1)C(C)(C)C. The van der Waals surface area contributed by atoms with E-state index in [4.69, 9.17) is 0 Å². The molecule has 0 saturated carbocycles. The molecule has 0 spiro atoms. The van der Waals surface area contributed by atoms with Gasteiger partial charge in [0.25, 0.3) is 10.0 Å². The molecule has 1 aromatic carbocycles. The molecule has 0 amide bonds. The zero-order valence-electron chi connectivity index (χ0n) is 10.6. The second kappa shape index (κ2) is 4.87. The van der Waals surface area contributed by atoms with Crippen molar-refractivity contribution in [1.82, 2.24) is 4.83 Å². The van der Waals surface area contributed by atoms with E-state index in [2.05, 4.69) is 9.93 Å². The van der Waals surface area contributed by atoms with Gasteiger partial charge in [-0.25, -0.2) is 4.83 Å². The van der Waals surface area contributed by atoms with Crippen LogP contribution in [0.25, 0.3) is 0 Å². The van der Waals surface area contributed by atoms with Gasteiger partial charge >= 0.3 is 0 Å². The standard InChI is InChI=1S/C12H18N2O2S/c1-10(12(2,3)4)13-14-17(15,16)11-8-6-5-7-9-11/h5-9,14H,1-4H3/b13-10+. The van der Waals surface area contributed by atoms with Crippen LogP contribution in [0.2, 0.25) is 0 Å². The molecule has 0 unspecified atom stereocenters. The Bertz CT molecular complexity index is 499. The molecule has 0 atom stereocenters. The van der Waals surface area contributed by atoms with Gasteiger partial charge in [-0.2, -0.15) is 13.5 Å². The highest BCUT2D eigenvalue weighted by atomic mass is 32.2. The van der Waals surface area contributed by atoms with Crippen molar-refractivity contribution < 1.29 is 8.42 Å². The highest BCUT2D eigenvalue weighted by molar-refractivity contribution is 7.89. The average molecular weight is 254 g/mol. The van der Waals surface area contributed by atoms with Crippen molar-refractivity contribution in [3.63, 3.8) is 0 Å². The Hall–Kier alpha value is -1.36. The smallest absolute Gasteiger partial charge is 0.200 e. The number of nitrogens with one attached hydrogen (secondary N) is 1. The van der Waals surface area contributed by atoms with Gasteiger partial charge < -0.3 is 0 Å². The molecule has 0 aliphatic heterocycles. The van der Waals surface area contributed by atoms with Gasteiger partial charge in [0.2, 0.25) is 0 Å². The molecule has 0 fully saturated rings. The molecular weight excluding hydrogens is 236 g/mol. The number of sulfonamides is 1. The summed E-state index contributed by atoms with van der Waals surface area (Å²) in [6.45, 7) is 7.72. The van der Waals surface area contributed by atoms with Crippen LogP contribution in [0.3, 0.4) is 0 Å². The number of rotatable bonds is 3. The molecule has 1 N–H and O–H groups in total. The van der Waals surface area contributed by atoms with Crippen molar-refractivity contribution >= 4 is 15.7 Å². The second-order valence-electron chi connectivity index (χ2n) is 4.85. The van der Waals surface area contributed by atoms with Crippen LogP contribution in [0.15, 0.2) is 40.3 Å². The minimum absolute atomic E-state index is 0.154. The Morgan fingerprint density at radius 3 is 2.18 bits per heavy atom. The van der Waals surface area contributed by atoms with Crippen LogP contribution < -0.4 is 4.83 Å². The maximum Gasteiger partial charge on any atom is 0.276 e. The van der Waals surface area contributed by atoms with E-state index in [0.717, 1.165) is 5.71 Å². The second-order valence-corrected chi connectivity index (χ2v) is 6.52. The number of benzene rings is 1. The van der Waals surface area contributed by atoms with Gasteiger partial charge in [0, 0.05) is 11.1 Å². The molecule has 1 rings (SSSR count). The van der Waals surface area contributed by atoms with Gasteiger partial charge in [-0.05, 0) is 19.1 Å². The summed E-state index contributed by atoms with van der Waals surface area (Å²) >= 11 is 0. The van der Waals surface area contributed by atoms with E-state index in [1.807, 2.05) is 20.8 Å². The van der Waals surface area contributed by atoms with Crippen molar-refractivity contribution in [2.75, 3.05) is 0 Å². The molecule has 1 aromatic rings. The fourth-order valence-electron chi connectivity index (χ4n) is 0.949. The van der Waals surface area contributed by atoms with Gasteiger partial charge in [-0.15, -0.1) is 0 Å². The lowest BCUT2D eigenvalue weighted by molar-refractivity contribution is 0.571. The van der Waals surface area contributed by atoms with Gasteiger partial charge in [-0.1, -0.05) is 39.0 Å². The maximum atomic E-state index is 11.8. The molecule has 17 heavy (non-hydrogen) atoms. The fourth-order valence-corrected chi connectivity index (χ4v) is 1.83. The van der Waals surface area contributed by atoms with Crippen molar-refractivity contribution in [3.05, 3.63) is 30.3 Å². The summed E-state index contributed by atoms with van der Waals surface area (Å²) in [5.41, 5.74) is 0.580. The average Bonchev–Trinajstić information content (AvgIpc) is 2.26. The highest BCUT2D eigenvalue weighted by Gasteiger charge is 2.17. The molecule has 0 aromatic heterocycles. The van der Waals surface area contributed by atoms with Crippen LogP contribution in [0.4, 0.5) is 0 Å². The largest absolute Gasteiger partial charge is 0.276 e. The normalized spacial score (nSPS) is 13.5.